The number of carbonyl (C=O) groups is 3. The van der Waals surface area contributed by atoms with Gasteiger partial charge < -0.3 is 19.7 Å². The fourth-order valence-corrected chi connectivity index (χ4v) is 5.18. The van der Waals surface area contributed by atoms with Gasteiger partial charge in [-0.15, -0.1) is 0 Å². The second-order valence-corrected chi connectivity index (χ2v) is 9.68. The van der Waals surface area contributed by atoms with Crippen LogP contribution in [0.5, 0.6) is 5.75 Å². The highest BCUT2D eigenvalue weighted by Gasteiger charge is 2.54. The SMILES string of the molecule is COc1ccc(C(=O)N2[C@@H](C(=O)NCc3ccccc3)COC23CCN(C(=O)c2ccc(F)cc2)CC3)cc1. The van der Waals surface area contributed by atoms with Crippen molar-refractivity contribution in [3.05, 3.63) is 101 Å². The first-order valence-electron chi connectivity index (χ1n) is 12.9. The highest BCUT2D eigenvalue weighted by Crippen LogP contribution is 2.39. The van der Waals surface area contributed by atoms with Crippen molar-refractivity contribution in [1.29, 1.82) is 0 Å². The van der Waals surface area contributed by atoms with Crippen LogP contribution in [0, 0.1) is 5.82 Å². The van der Waals surface area contributed by atoms with Crippen LogP contribution in [-0.2, 0) is 16.1 Å². The van der Waals surface area contributed by atoms with Crippen molar-refractivity contribution < 1.29 is 28.2 Å². The van der Waals surface area contributed by atoms with Gasteiger partial charge in [-0.05, 0) is 54.1 Å². The van der Waals surface area contributed by atoms with Gasteiger partial charge in [-0.1, -0.05) is 30.3 Å². The number of hydrogen-bond donors (Lipinski definition) is 1. The lowest BCUT2D eigenvalue weighted by Crippen LogP contribution is -2.59. The third-order valence-electron chi connectivity index (χ3n) is 7.35. The van der Waals surface area contributed by atoms with E-state index in [0.29, 0.717) is 49.4 Å². The Balaban J connectivity index is 1.36. The molecule has 3 aromatic rings. The van der Waals surface area contributed by atoms with Gasteiger partial charge in [0.2, 0.25) is 5.91 Å². The van der Waals surface area contributed by atoms with Gasteiger partial charge in [-0.25, -0.2) is 4.39 Å². The van der Waals surface area contributed by atoms with Gasteiger partial charge in [-0.2, -0.15) is 0 Å². The minimum Gasteiger partial charge on any atom is -0.497 e. The molecule has 3 aromatic carbocycles. The first kappa shape index (κ1) is 26.4. The molecule has 2 aliphatic rings. The van der Waals surface area contributed by atoms with Crippen LogP contribution in [0.2, 0.25) is 0 Å². The van der Waals surface area contributed by atoms with E-state index in [4.69, 9.17) is 9.47 Å². The van der Waals surface area contributed by atoms with Crippen molar-refractivity contribution >= 4 is 17.7 Å². The monoisotopic (exact) mass is 531 g/mol. The quantitative estimate of drug-likeness (QED) is 0.525. The van der Waals surface area contributed by atoms with Crippen LogP contribution >= 0.6 is 0 Å². The first-order valence-corrected chi connectivity index (χ1v) is 12.9. The van der Waals surface area contributed by atoms with Crippen LogP contribution in [-0.4, -0.2) is 66.1 Å². The summed E-state index contributed by atoms with van der Waals surface area (Å²) in [6, 6.07) is 20.9. The average Bonchev–Trinajstić information content (AvgIpc) is 3.35. The molecule has 0 aromatic heterocycles. The molecule has 0 radical (unpaired) electrons. The van der Waals surface area contributed by atoms with Crippen LogP contribution in [0.4, 0.5) is 4.39 Å². The Bertz CT molecular complexity index is 1320. The molecule has 0 bridgehead atoms. The van der Waals surface area contributed by atoms with Crippen LogP contribution < -0.4 is 10.1 Å². The van der Waals surface area contributed by atoms with Crippen molar-refractivity contribution in [1.82, 2.24) is 15.1 Å². The number of carbonyl (C=O) groups excluding carboxylic acids is 3. The lowest BCUT2D eigenvalue weighted by Gasteiger charge is -2.44. The van der Waals surface area contributed by atoms with Crippen molar-refractivity contribution in [3.63, 3.8) is 0 Å². The highest BCUT2D eigenvalue weighted by atomic mass is 19.1. The van der Waals surface area contributed by atoms with Gasteiger partial charge in [-0.3, -0.25) is 19.3 Å². The van der Waals surface area contributed by atoms with Crippen LogP contribution in [0.3, 0.4) is 0 Å². The van der Waals surface area contributed by atoms with Gasteiger partial charge >= 0.3 is 0 Å². The second kappa shape index (κ2) is 11.2. The first-order chi connectivity index (χ1) is 18.9. The molecule has 39 heavy (non-hydrogen) atoms. The van der Waals surface area contributed by atoms with Gasteiger partial charge in [0.1, 0.15) is 23.3 Å². The molecule has 0 saturated carbocycles. The third-order valence-corrected chi connectivity index (χ3v) is 7.35. The van der Waals surface area contributed by atoms with Gasteiger partial charge in [0.15, 0.2) is 0 Å². The Kier molecular flexibility index (Phi) is 7.60. The normalized spacial score (nSPS) is 18.2. The fourth-order valence-electron chi connectivity index (χ4n) is 5.18. The molecule has 202 valence electrons. The lowest BCUT2D eigenvalue weighted by molar-refractivity contribution is -0.128. The highest BCUT2D eigenvalue weighted by molar-refractivity contribution is 5.99. The number of piperidine rings is 1. The Morgan fingerprint density at radius 2 is 1.54 bits per heavy atom. The summed E-state index contributed by atoms with van der Waals surface area (Å²) in [6.07, 6.45) is 0.675. The Morgan fingerprint density at radius 3 is 2.18 bits per heavy atom. The molecule has 3 amide bonds. The van der Waals surface area contributed by atoms with Crippen LogP contribution in [0.1, 0.15) is 39.1 Å². The molecule has 5 rings (SSSR count). The maximum atomic E-state index is 13.9. The maximum Gasteiger partial charge on any atom is 0.256 e. The predicted octanol–water partition coefficient (Wildman–Crippen LogP) is 3.62. The summed E-state index contributed by atoms with van der Waals surface area (Å²) in [6.45, 7) is 1.02. The number of ether oxygens (including phenoxy) is 2. The number of benzene rings is 3. The van der Waals surface area contributed by atoms with E-state index in [1.807, 2.05) is 30.3 Å². The summed E-state index contributed by atoms with van der Waals surface area (Å²) >= 11 is 0. The number of hydrogen-bond acceptors (Lipinski definition) is 5. The zero-order chi connectivity index (χ0) is 27.4. The van der Waals surface area contributed by atoms with Crippen LogP contribution in [0.15, 0.2) is 78.9 Å². The van der Waals surface area contributed by atoms with E-state index in [2.05, 4.69) is 5.32 Å². The number of amides is 3. The van der Waals surface area contributed by atoms with Crippen molar-refractivity contribution in [2.75, 3.05) is 26.8 Å². The van der Waals surface area contributed by atoms with E-state index in [-0.39, 0.29) is 24.3 Å². The van der Waals surface area contributed by atoms with Gasteiger partial charge in [0.25, 0.3) is 11.8 Å². The van der Waals surface area contributed by atoms with E-state index in [1.165, 1.54) is 24.3 Å². The number of methoxy groups -OCH3 is 1. The molecule has 1 atom stereocenters. The number of halogens is 1. The lowest BCUT2D eigenvalue weighted by atomic mass is 9.96. The van der Waals surface area contributed by atoms with E-state index < -0.39 is 17.6 Å². The zero-order valence-corrected chi connectivity index (χ0v) is 21.6. The summed E-state index contributed by atoms with van der Waals surface area (Å²) in [5.74, 6) is -0.639. The topological polar surface area (TPSA) is 88.2 Å². The molecule has 8 nitrogen and oxygen atoms in total. The van der Waals surface area contributed by atoms with E-state index >= 15 is 0 Å². The molecule has 2 fully saturated rings. The smallest absolute Gasteiger partial charge is 0.256 e. The van der Waals surface area contributed by atoms with Crippen LogP contribution in [0.25, 0.3) is 0 Å². The van der Waals surface area contributed by atoms with Gasteiger partial charge in [0.05, 0.1) is 13.7 Å². The Hall–Kier alpha value is -4.24. The third kappa shape index (κ3) is 5.49. The molecule has 0 aliphatic carbocycles. The Morgan fingerprint density at radius 1 is 0.923 bits per heavy atom. The minimum atomic E-state index is -1.04. The molecule has 9 heteroatoms. The number of nitrogens with zero attached hydrogens (tertiary/aromatic N) is 2. The molecule has 2 saturated heterocycles. The summed E-state index contributed by atoms with van der Waals surface area (Å²) < 4.78 is 24.8. The molecular weight excluding hydrogens is 501 g/mol. The van der Waals surface area contributed by atoms with E-state index in [9.17, 15) is 18.8 Å². The minimum absolute atomic E-state index is 0.0500. The number of rotatable bonds is 6. The summed E-state index contributed by atoms with van der Waals surface area (Å²) in [5.41, 5.74) is 0.709. The molecule has 1 spiro atoms. The van der Waals surface area contributed by atoms with Crippen molar-refractivity contribution in [2.45, 2.75) is 31.2 Å². The summed E-state index contributed by atoms with van der Waals surface area (Å²) in [4.78, 5) is 43.5. The molecule has 1 N–H and O–H groups in total. The number of nitrogens with one attached hydrogen (secondary N) is 1. The molecular formula is C30H30FN3O5. The fraction of sp³-hybridized carbons (Fsp3) is 0.300. The summed E-state index contributed by atoms with van der Waals surface area (Å²) in [7, 11) is 1.55. The van der Waals surface area contributed by atoms with Crippen molar-refractivity contribution in [3.8, 4) is 5.75 Å². The largest absolute Gasteiger partial charge is 0.497 e. The standard InChI is InChI=1S/C30H30FN3O5/c1-38-25-13-9-23(10-14-25)29(37)34-26(27(35)32-19-21-5-3-2-4-6-21)20-39-30(34)15-17-33(18-16-30)28(36)22-7-11-24(31)12-8-22/h2-14,26H,15-20H2,1H3,(H,32,35)/t26-/m1/s1. The molecule has 0 unspecified atom stereocenters. The number of likely N-dealkylation sites (tertiary alicyclic amines) is 1. The maximum absolute atomic E-state index is 13.9. The predicted molar refractivity (Wildman–Crippen MR) is 141 cm³/mol. The Labute approximate surface area is 226 Å². The second-order valence-electron chi connectivity index (χ2n) is 9.68. The zero-order valence-electron chi connectivity index (χ0n) is 21.6. The summed E-state index contributed by atoms with van der Waals surface area (Å²) in [5, 5.41) is 2.94. The average molecular weight is 532 g/mol. The van der Waals surface area contributed by atoms with Gasteiger partial charge in [0, 0.05) is 43.6 Å². The molecule has 2 aliphatic heterocycles. The van der Waals surface area contributed by atoms with Crippen molar-refractivity contribution in [2.24, 2.45) is 0 Å². The van der Waals surface area contributed by atoms with E-state index in [1.54, 1.807) is 41.2 Å². The van der Waals surface area contributed by atoms with E-state index in [0.717, 1.165) is 5.56 Å². The molecule has 2 heterocycles.